The van der Waals surface area contributed by atoms with E-state index in [1.54, 1.807) is 13.2 Å². The van der Waals surface area contributed by atoms with Crippen LogP contribution in [0.5, 0.6) is 0 Å². The fraction of sp³-hybridized carbons (Fsp3) is 0.421. The van der Waals surface area contributed by atoms with Gasteiger partial charge in [-0.25, -0.2) is 4.68 Å². The number of hydrogen-bond donors (Lipinski definition) is 2. The number of ether oxygens (including phenoxy) is 1. The number of carbonyl (C=O) groups is 1. The number of rotatable bonds is 6. The number of benzene rings is 1. The summed E-state index contributed by atoms with van der Waals surface area (Å²) in [7, 11) is 1.67. The summed E-state index contributed by atoms with van der Waals surface area (Å²) in [5.41, 5.74) is 1.75. The molecule has 140 valence electrons. The van der Waals surface area contributed by atoms with E-state index < -0.39 is 5.60 Å². The lowest BCUT2D eigenvalue weighted by Crippen LogP contribution is -2.42. The van der Waals surface area contributed by atoms with Gasteiger partial charge in [-0.05, 0) is 51.0 Å². The summed E-state index contributed by atoms with van der Waals surface area (Å²) >= 11 is 0. The van der Waals surface area contributed by atoms with Gasteiger partial charge < -0.3 is 15.4 Å². The average molecular weight is 357 g/mol. The predicted octanol–water partition coefficient (Wildman–Crippen LogP) is 1.92. The molecule has 0 unspecified atom stereocenters. The van der Waals surface area contributed by atoms with Crippen molar-refractivity contribution < 1.29 is 9.53 Å². The van der Waals surface area contributed by atoms with Crippen LogP contribution in [0.4, 0.5) is 0 Å². The van der Waals surface area contributed by atoms with Crippen LogP contribution >= 0.6 is 0 Å². The maximum Gasteiger partial charge on any atom is 0.325 e. The van der Waals surface area contributed by atoms with Gasteiger partial charge in [-0.2, -0.15) is 5.10 Å². The van der Waals surface area contributed by atoms with Crippen LogP contribution in [0.2, 0.25) is 0 Å². The number of aromatic nitrogens is 2. The average Bonchev–Trinajstić information content (AvgIpc) is 3.11. The number of carbonyl (C=O) groups excluding carboxylic acids is 1. The molecule has 2 rings (SSSR count). The Balaban J connectivity index is 1.74. The van der Waals surface area contributed by atoms with Crippen LogP contribution in [0.3, 0.4) is 0 Å². The maximum absolute atomic E-state index is 11.7. The first-order chi connectivity index (χ1) is 12.4. The van der Waals surface area contributed by atoms with Gasteiger partial charge in [0.05, 0.1) is 5.69 Å². The second-order valence-electron chi connectivity index (χ2n) is 6.81. The van der Waals surface area contributed by atoms with Gasteiger partial charge in [-0.1, -0.05) is 12.1 Å². The molecule has 2 N–H and O–H groups in total. The molecule has 0 bridgehead atoms. The van der Waals surface area contributed by atoms with Gasteiger partial charge in [0.25, 0.3) is 0 Å². The first kappa shape index (κ1) is 19.5. The highest BCUT2D eigenvalue weighted by atomic mass is 16.6. The molecule has 0 aliphatic carbocycles. The van der Waals surface area contributed by atoms with E-state index in [9.17, 15) is 4.79 Å². The highest BCUT2D eigenvalue weighted by Gasteiger charge is 2.16. The van der Waals surface area contributed by atoms with Crippen LogP contribution in [0.1, 0.15) is 26.3 Å². The van der Waals surface area contributed by atoms with Gasteiger partial charge in [0.2, 0.25) is 0 Å². The highest BCUT2D eigenvalue weighted by molar-refractivity contribution is 5.84. The Morgan fingerprint density at radius 1 is 1.23 bits per heavy atom. The van der Waals surface area contributed by atoms with Crippen LogP contribution in [-0.2, 0) is 16.0 Å². The van der Waals surface area contributed by atoms with E-state index >= 15 is 0 Å². The molecule has 0 fully saturated rings. The number of nitrogens with one attached hydrogen (secondary N) is 2. The van der Waals surface area contributed by atoms with E-state index in [4.69, 9.17) is 4.74 Å². The molecule has 0 spiro atoms. The predicted molar refractivity (Wildman–Crippen MR) is 102 cm³/mol. The molecule has 0 amide bonds. The summed E-state index contributed by atoms with van der Waals surface area (Å²) < 4.78 is 7.08. The third-order valence-corrected chi connectivity index (χ3v) is 3.46. The quantitative estimate of drug-likeness (QED) is 0.469. The van der Waals surface area contributed by atoms with Crippen LogP contribution < -0.4 is 10.6 Å². The zero-order chi connectivity index (χ0) is 19.0. The summed E-state index contributed by atoms with van der Waals surface area (Å²) in [6.07, 6.45) is 4.51. The Labute approximate surface area is 154 Å². The molecule has 7 nitrogen and oxygen atoms in total. The lowest BCUT2D eigenvalue weighted by Gasteiger charge is -2.20. The first-order valence-corrected chi connectivity index (χ1v) is 8.63. The third-order valence-electron chi connectivity index (χ3n) is 3.46. The molecular weight excluding hydrogens is 330 g/mol. The molecule has 0 aliphatic rings. The second-order valence-corrected chi connectivity index (χ2v) is 6.81. The van der Waals surface area contributed by atoms with Crippen molar-refractivity contribution >= 4 is 11.9 Å². The molecule has 0 saturated heterocycles. The Bertz CT molecular complexity index is 715. The van der Waals surface area contributed by atoms with Crippen molar-refractivity contribution in [3.8, 4) is 5.69 Å². The SMILES string of the molecule is CN=C(NCCc1ccc(-n2cccn2)cc1)NCC(=O)OC(C)(C)C. The molecule has 7 heteroatoms. The molecule has 0 aliphatic heterocycles. The zero-order valence-corrected chi connectivity index (χ0v) is 15.8. The Hall–Kier alpha value is -2.83. The van der Waals surface area contributed by atoms with E-state index in [1.807, 2.05) is 49.8 Å². The fourth-order valence-corrected chi connectivity index (χ4v) is 2.32. The molecule has 0 atom stereocenters. The summed E-state index contributed by atoms with van der Waals surface area (Å²) in [5, 5.41) is 10.4. The third kappa shape index (κ3) is 6.58. The van der Waals surface area contributed by atoms with E-state index in [0.29, 0.717) is 12.5 Å². The molecule has 2 aromatic rings. The van der Waals surface area contributed by atoms with Gasteiger partial charge in [-0.15, -0.1) is 0 Å². The molecule has 0 saturated carbocycles. The topological polar surface area (TPSA) is 80.5 Å². The minimum Gasteiger partial charge on any atom is -0.459 e. The monoisotopic (exact) mass is 357 g/mol. The maximum atomic E-state index is 11.7. The summed E-state index contributed by atoms with van der Waals surface area (Å²) in [4.78, 5) is 15.8. The number of hydrogen-bond acceptors (Lipinski definition) is 4. The van der Waals surface area contributed by atoms with Crippen molar-refractivity contribution in [2.75, 3.05) is 20.1 Å². The van der Waals surface area contributed by atoms with Crippen LogP contribution in [0.15, 0.2) is 47.7 Å². The van der Waals surface area contributed by atoms with Crippen molar-refractivity contribution in [2.24, 2.45) is 4.99 Å². The molecule has 1 aromatic carbocycles. The van der Waals surface area contributed by atoms with Crippen molar-refractivity contribution in [2.45, 2.75) is 32.8 Å². The number of nitrogens with zero attached hydrogens (tertiary/aromatic N) is 3. The van der Waals surface area contributed by atoms with Crippen molar-refractivity contribution in [1.82, 2.24) is 20.4 Å². The Kier molecular flexibility index (Phi) is 6.77. The van der Waals surface area contributed by atoms with E-state index in [2.05, 4.69) is 32.9 Å². The van der Waals surface area contributed by atoms with Gasteiger partial charge >= 0.3 is 5.97 Å². The van der Waals surface area contributed by atoms with Gasteiger partial charge in [0, 0.05) is 26.0 Å². The Morgan fingerprint density at radius 2 is 1.96 bits per heavy atom. The summed E-state index contributed by atoms with van der Waals surface area (Å²) in [6, 6.07) is 10.1. The minimum absolute atomic E-state index is 0.0789. The van der Waals surface area contributed by atoms with Crippen molar-refractivity contribution in [3.63, 3.8) is 0 Å². The largest absolute Gasteiger partial charge is 0.459 e. The smallest absolute Gasteiger partial charge is 0.325 e. The van der Waals surface area contributed by atoms with E-state index in [-0.39, 0.29) is 12.5 Å². The highest BCUT2D eigenvalue weighted by Crippen LogP contribution is 2.09. The van der Waals surface area contributed by atoms with Crippen LogP contribution in [-0.4, -0.2) is 47.4 Å². The van der Waals surface area contributed by atoms with Gasteiger partial charge in [0.15, 0.2) is 5.96 Å². The summed E-state index contributed by atoms with van der Waals surface area (Å²) in [5.74, 6) is 0.263. The number of guanidine groups is 1. The van der Waals surface area contributed by atoms with Crippen molar-refractivity contribution in [1.29, 1.82) is 0 Å². The molecule has 0 radical (unpaired) electrons. The molecule has 1 aromatic heterocycles. The fourth-order valence-electron chi connectivity index (χ4n) is 2.32. The zero-order valence-electron chi connectivity index (χ0n) is 15.8. The van der Waals surface area contributed by atoms with Crippen LogP contribution in [0.25, 0.3) is 5.69 Å². The number of aliphatic imine (C=N–C) groups is 1. The van der Waals surface area contributed by atoms with E-state index in [1.165, 1.54) is 5.56 Å². The first-order valence-electron chi connectivity index (χ1n) is 8.63. The summed E-state index contributed by atoms with van der Waals surface area (Å²) in [6.45, 7) is 6.31. The van der Waals surface area contributed by atoms with E-state index in [0.717, 1.165) is 12.1 Å². The van der Waals surface area contributed by atoms with Crippen LogP contribution in [0, 0.1) is 0 Å². The standard InChI is InChI=1S/C19H27N5O2/c1-19(2,3)26-17(25)14-22-18(20-4)21-12-10-15-6-8-16(9-7-15)24-13-5-11-23-24/h5-9,11,13H,10,12,14H2,1-4H3,(H2,20,21,22). The second kappa shape index (κ2) is 9.03. The van der Waals surface area contributed by atoms with Crippen molar-refractivity contribution in [3.05, 3.63) is 48.3 Å². The molecular formula is C19H27N5O2. The van der Waals surface area contributed by atoms with Gasteiger partial charge in [0.1, 0.15) is 12.1 Å². The number of esters is 1. The normalized spacial score (nSPS) is 11.9. The van der Waals surface area contributed by atoms with Gasteiger partial charge in [-0.3, -0.25) is 9.79 Å². The lowest BCUT2D eigenvalue weighted by atomic mass is 10.1. The molecule has 1 heterocycles. The Morgan fingerprint density at radius 3 is 2.54 bits per heavy atom. The molecule has 26 heavy (non-hydrogen) atoms. The minimum atomic E-state index is -0.488. The lowest BCUT2D eigenvalue weighted by molar-refractivity contribution is -0.153.